The minimum Gasteiger partial charge on any atom is -0.458 e. The lowest BCUT2D eigenvalue weighted by Gasteiger charge is -2.20. The largest absolute Gasteiger partial charge is 0.458 e. The zero-order valence-electron chi connectivity index (χ0n) is 11.2. The fourth-order valence-electron chi connectivity index (χ4n) is 1.93. The van der Waals surface area contributed by atoms with E-state index in [4.69, 9.17) is 4.42 Å². The summed E-state index contributed by atoms with van der Waals surface area (Å²) in [6.45, 7) is 7.36. The molecule has 18 heavy (non-hydrogen) atoms. The lowest BCUT2D eigenvalue weighted by molar-refractivity contribution is 0.415. The van der Waals surface area contributed by atoms with E-state index in [2.05, 4.69) is 26.1 Å². The summed E-state index contributed by atoms with van der Waals surface area (Å²) in [4.78, 5) is 0. The second-order valence-corrected chi connectivity index (χ2v) is 5.65. The molecule has 1 aromatic carbocycles. The molecule has 2 aromatic rings. The van der Waals surface area contributed by atoms with E-state index in [1.165, 1.54) is 6.07 Å². The van der Waals surface area contributed by atoms with Gasteiger partial charge in [-0.05, 0) is 45.9 Å². The summed E-state index contributed by atoms with van der Waals surface area (Å²) in [5.41, 5.74) is 0.510. The van der Waals surface area contributed by atoms with E-state index in [9.17, 15) is 4.39 Å². The first-order valence-electron chi connectivity index (χ1n) is 6.38. The van der Waals surface area contributed by atoms with Crippen molar-refractivity contribution < 1.29 is 8.81 Å². The van der Waals surface area contributed by atoms with Gasteiger partial charge in [0.1, 0.15) is 5.76 Å². The Labute approximate surface area is 107 Å². The zero-order valence-corrected chi connectivity index (χ0v) is 11.2. The van der Waals surface area contributed by atoms with Crippen LogP contribution in [0.15, 0.2) is 28.7 Å². The molecule has 0 unspecified atom stereocenters. The van der Waals surface area contributed by atoms with Gasteiger partial charge in [-0.25, -0.2) is 4.39 Å². The summed E-state index contributed by atoms with van der Waals surface area (Å²) in [6.07, 6.45) is 1.82. The molecule has 1 N–H and O–H groups in total. The Morgan fingerprint density at radius 3 is 2.72 bits per heavy atom. The predicted molar refractivity (Wildman–Crippen MR) is 72.2 cm³/mol. The Morgan fingerprint density at radius 1 is 1.28 bits per heavy atom. The highest BCUT2D eigenvalue weighted by Crippen LogP contribution is 2.22. The van der Waals surface area contributed by atoms with Crippen molar-refractivity contribution in [2.24, 2.45) is 0 Å². The highest BCUT2D eigenvalue weighted by atomic mass is 19.1. The summed E-state index contributed by atoms with van der Waals surface area (Å²) in [5, 5.41) is 4.26. The van der Waals surface area contributed by atoms with Gasteiger partial charge in [-0.2, -0.15) is 0 Å². The lowest BCUT2D eigenvalue weighted by atomic mass is 10.1. The van der Waals surface area contributed by atoms with Crippen molar-refractivity contribution in [3.8, 4) is 0 Å². The summed E-state index contributed by atoms with van der Waals surface area (Å²) < 4.78 is 19.0. The van der Waals surface area contributed by atoms with Gasteiger partial charge in [-0.15, -0.1) is 0 Å². The van der Waals surface area contributed by atoms with Crippen molar-refractivity contribution in [3.63, 3.8) is 0 Å². The van der Waals surface area contributed by atoms with Crippen molar-refractivity contribution in [1.82, 2.24) is 5.32 Å². The molecular weight excluding hydrogens is 229 g/mol. The first-order valence-corrected chi connectivity index (χ1v) is 6.38. The van der Waals surface area contributed by atoms with E-state index in [1.807, 2.05) is 12.1 Å². The van der Waals surface area contributed by atoms with Gasteiger partial charge in [-0.3, -0.25) is 0 Å². The Balaban J connectivity index is 1.94. The number of benzene rings is 1. The van der Waals surface area contributed by atoms with Gasteiger partial charge < -0.3 is 9.73 Å². The molecule has 0 amide bonds. The van der Waals surface area contributed by atoms with Gasteiger partial charge in [0.05, 0.1) is 0 Å². The smallest absolute Gasteiger partial charge is 0.169 e. The molecule has 0 aliphatic carbocycles. The highest BCUT2D eigenvalue weighted by molar-refractivity contribution is 5.78. The van der Waals surface area contributed by atoms with Crippen LogP contribution in [0.1, 0.15) is 33.0 Å². The Bertz CT molecular complexity index is 525. The summed E-state index contributed by atoms with van der Waals surface area (Å²) in [7, 11) is 0. The van der Waals surface area contributed by atoms with Crippen LogP contribution >= 0.6 is 0 Å². The van der Waals surface area contributed by atoms with E-state index >= 15 is 0 Å². The Hall–Kier alpha value is -1.35. The molecule has 2 nitrogen and oxygen atoms in total. The van der Waals surface area contributed by atoms with Crippen LogP contribution < -0.4 is 5.32 Å². The van der Waals surface area contributed by atoms with E-state index in [0.717, 1.165) is 30.5 Å². The number of fused-ring (bicyclic) bond motifs is 1. The third-order valence-electron chi connectivity index (χ3n) is 2.80. The number of aryl methyl sites for hydroxylation is 1. The standard InChI is InChI=1S/C15H20FNO/c1-15(2,3)17-9-5-7-12-10-11-6-4-8-13(16)14(11)18-12/h4,6,8,10,17H,5,7,9H2,1-3H3. The molecule has 1 aromatic heterocycles. The normalized spacial score (nSPS) is 12.2. The van der Waals surface area contributed by atoms with Crippen molar-refractivity contribution in [3.05, 3.63) is 35.8 Å². The fourth-order valence-corrected chi connectivity index (χ4v) is 1.93. The number of hydrogen-bond acceptors (Lipinski definition) is 2. The van der Waals surface area contributed by atoms with Gasteiger partial charge in [0.15, 0.2) is 11.4 Å². The molecule has 2 rings (SSSR count). The molecule has 1 heterocycles. The average Bonchev–Trinajstić information content (AvgIpc) is 2.68. The van der Waals surface area contributed by atoms with Crippen LogP contribution in [0.25, 0.3) is 11.0 Å². The molecular formula is C15H20FNO. The monoisotopic (exact) mass is 249 g/mol. The molecule has 0 fully saturated rings. The van der Waals surface area contributed by atoms with E-state index in [-0.39, 0.29) is 11.4 Å². The Morgan fingerprint density at radius 2 is 2.06 bits per heavy atom. The number of para-hydroxylation sites is 1. The number of halogens is 1. The average molecular weight is 249 g/mol. The minimum atomic E-state index is -0.286. The molecule has 0 saturated heterocycles. The maximum absolute atomic E-state index is 13.4. The maximum Gasteiger partial charge on any atom is 0.169 e. The second-order valence-electron chi connectivity index (χ2n) is 5.65. The lowest BCUT2D eigenvalue weighted by Crippen LogP contribution is -2.36. The number of hydrogen-bond donors (Lipinski definition) is 1. The van der Waals surface area contributed by atoms with Crippen molar-refractivity contribution in [2.45, 2.75) is 39.2 Å². The first kappa shape index (κ1) is 13.1. The summed E-state index contributed by atoms with van der Waals surface area (Å²) in [6, 6.07) is 6.93. The maximum atomic E-state index is 13.4. The Kier molecular flexibility index (Phi) is 3.71. The van der Waals surface area contributed by atoms with Crippen molar-refractivity contribution in [2.75, 3.05) is 6.54 Å². The molecule has 0 aliphatic rings. The van der Waals surface area contributed by atoms with Crippen LogP contribution in [0.5, 0.6) is 0 Å². The number of rotatable bonds is 4. The zero-order chi connectivity index (χ0) is 13.2. The SMILES string of the molecule is CC(C)(C)NCCCc1cc2cccc(F)c2o1. The summed E-state index contributed by atoms with van der Waals surface area (Å²) >= 11 is 0. The van der Waals surface area contributed by atoms with E-state index in [0.29, 0.717) is 5.58 Å². The quantitative estimate of drug-likeness (QED) is 0.831. The predicted octanol–water partition coefficient (Wildman–Crippen LogP) is 3.89. The third kappa shape index (κ3) is 3.33. The topological polar surface area (TPSA) is 25.2 Å². The van der Waals surface area contributed by atoms with Gasteiger partial charge in [0.25, 0.3) is 0 Å². The number of nitrogens with one attached hydrogen (secondary N) is 1. The van der Waals surface area contributed by atoms with E-state index < -0.39 is 0 Å². The summed E-state index contributed by atoms with van der Waals surface area (Å²) in [5.74, 6) is 0.567. The molecule has 0 radical (unpaired) electrons. The second kappa shape index (κ2) is 5.11. The molecule has 0 spiro atoms. The van der Waals surface area contributed by atoms with E-state index in [1.54, 1.807) is 6.07 Å². The molecule has 98 valence electrons. The third-order valence-corrected chi connectivity index (χ3v) is 2.80. The van der Waals surface area contributed by atoms with Crippen LogP contribution in [0.4, 0.5) is 4.39 Å². The van der Waals surface area contributed by atoms with Gasteiger partial charge >= 0.3 is 0 Å². The van der Waals surface area contributed by atoms with Crippen molar-refractivity contribution >= 4 is 11.0 Å². The van der Waals surface area contributed by atoms with Crippen LogP contribution in [0.3, 0.4) is 0 Å². The molecule has 0 atom stereocenters. The number of furan rings is 1. The van der Waals surface area contributed by atoms with Crippen LogP contribution in [0, 0.1) is 5.82 Å². The van der Waals surface area contributed by atoms with Gasteiger partial charge in [-0.1, -0.05) is 12.1 Å². The van der Waals surface area contributed by atoms with Crippen molar-refractivity contribution in [1.29, 1.82) is 0 Å². The van der Waals surface area contributed by atoms with Crippen LogP contribution in [-0.4, -0.2) is 12.1 Å². The molecule has 0 bridgehead atoms. The molecule has 3 heteroatoms. The van der Waals surface area contributed by atoms with Gasteiger partial charge in [0, 0.05) is 17.3 Å². The molecule has 0 aliphatic heterocycles. The highest BCUT2D eigenvalue weighted by Gasteiger charge is 2.09. The van der Waals surface area contributed by atoms with Crippen LogP contribution in [0.2, 0.25) is 0 Å². The minimum absolute atomic E-state index is 0.139. The molecule has 0 saturated carbocycles. The van der Waals surface area contributed by atoms with Crippen LogP contribution in [-0.2, 0) is 6.42 Å². The van der Waals surface area contributed by atoms with Gasteiger partial charge in [0.2, 0.25) is 0 Å². The first-order chi connectivity index (χ1) is 8.46. The fraction of sp³-hybridized carbons (Fsp3) is 0.467.